The maximum absolute atomic E-state index is 5.74. The molecule has 2 aliphatic rings. The van der Waals surface area contributed by atoms with Gasteiger partial charge in [-0.05, 0) is 87.3 Å². The fourth-order valence-corrected chi connectivity index (χ4v) is 4.55. The molecule has 0 aliphatic heterocycles. The molecule has 20 heavy (non-hydrogen) atoms. The summed E-state index contributed by atoms with van der Waals surface area (Å²) in [5, 5.41) is 0. The van der Waals surface area contributed by atoms with Gasteiger partial charge in [-0.15, -0.1) is 0 Å². The van der Waals surface area contributed by atoms with Crippen LogP contribution in [0, 0.1) is 17.3 Å². The highest BCUT2D eigenvalue weighted by Gasteiger charge is 2.43. The molecule has 2 fully saturated rings. The summed E-state index contributed by atoms with van der Waals surface area (Å²) < 4.78 is 0. The average Bonchev–Trinajstić information content (AvgIpc) is 2.37. The first kappa shape index (κ1) is 15.9. The van der Waals surface area contributed by atoms with E-state index in [4.69, 9.17) is 12.2 Å². The lowest BCUT2D eigenvalue weighted by atomic mass is 9.56. The number of hydrogen-bond acceptors (Lipinski definition) is 1. The van der Waals surface area contributed by atoms with Crippen molar-refractivity contribution >= 4 is 17.1 Å². The molecular formula is C19H30S. The number of allylic oxidation sites excluding steroid dienone is 3. The van der Waals surface area contributed by atoms with Crippen molar-refractivity contribution in [3.8, 4) is 0 Å². The van der Waals surface area contributed by atoms with Crippen molar-refractivity contribution in [2.24, 2.45) is 17.3 Å². The third-order valence-corrected chi connectivity index (χ3v) is 6.10. The third-order valence-electron chi connectivity index (χ3n) is 5.56. The molecule has 0 nitrogen and oxygen atoms in total. The van der Waals surface area contributed by atoms with E-state index in [1.54, 1.807) is 0 Å². The Morgan fingerprint density at radius 2 is 2.15 bits per heavy atom. The van der Waals surface area contributed by atoms with Crippen LogP contribution in [-0.2, 0) is 0 Å². The van der Waals surface area contributed by atoms with Crippen LogP contribution in [0.4, 0.5) is 0 Å². The zero-order chi connectivity index (χ0) is 14.8. The number of rotatable bonds is 4. The van der Waals surface area contributed by atoms with Crippen LogP contribution in [0.25, 0.3) is 0 Å². The minimum Gasteiger partial charge on any atom is -0.0996 e. The molecule has 112 valence electrons. The first-order chi connectivity index (χ1) is 9.42. The maximum Gasteiger partial charge on any atom is -0.00373 e. The normalized spacial score (nSPS) is 33.5. The lowest BCUT2D eigenvalue weighted by molar-refractivity contribution is 0.0906. The molecule has 0 radical (unpaired) electrons. The molecule has 0 aromatic rings. The number of fused-ring (bicyclic) bond motifs is 1. The maximum atomic E-state index is 5.74. The summed E-state index contributed by atoms with van der Waals surface area (Å²) in [6.07, 6.45) is 12.5. The molecular weight excluding hydrogens is 260 g/mol. The fourth-order valence-electron chi connectivity index (χ4n) is 4.22. The van der Waals surface area contributed by atoms with Gasteiger partial charge in [0.1, 0.15) is 0 Å². The smallest absolute Gasteiger partial charge is 0.00373 e. The van der Waals surface area contributed by atoms with Gasteiger partial charge < -0.3 is 0 Å². The molecule has 2 rings (SSSR count). The molecule has 2 aliphatic carbocycles. The topological polar surface area (TPSA) is 0 Å². The van der Waals surface area contributed by atoms with E-state index in [2.05, 4.69) is 33.4 Å². The van der Waals surface area contributed by atoms with Gasteiger partial charge in [-0.25, -0.2) is 0 Å². The van der Waals surface area contributed by atoms with E-state index in [-0.39, 0.29) is 0 Å². The number of hydrogen-bond donors (Lipinski definition) is 0. The standard InChI is InChI=1S/C19H30S/c1-14(2)7-5-9-18(20)16-10-12-19(4)11-6-8-15(3)17(19)13-16/h7,16-17H,3,5-6,8-13H2,1-2,4H3. The first-order valence-electron chi connectivity index (χ1n) is 8.26. The molecule has 0 heterocycles. The predicted octanol–water partition coefficient (Wildman–Crippen LogP) is 6.27. The van der Waals surface area contributed by atoms with Gasteiger partial charge in [0.05, 0.1) is 0 Å². The Balaban J connectivity index is 1.94. The van der Waals surface area contributed by atoms with Gasteiger partial charge in [-0.3, -0.25) is 0 Å². The van der Waals surface area contributed by atoms with E-state index in [0.29, 0.717) is 11.3 Å². The molecule has 0 bridgehead atoms. The van der Waals surface area contributed by atoms with Crippen LogP contribution in [0.15, 0.2) is 23.8 Å². The summed E-state index contributed by atoms with van der Waals surface area (Å²) in [6, 6.07) is 0. The van der Waals surface area contributed by atoms with Crippen LogP contribution in [0.2, 0.25) is 0 Å². The Morgan fingerprint density at radius 1 is 1.40 bits per heavy atom. The van der Waals surface area contributed by atoms with E-state index < -0.39 is 0 Å². The van der Waals surface area contributed by atoms with Crippen molar-refractivity contribution < 1.29 is 0 Å². The monoisotopic (exact) mass is 290 g/mol. The van der Waals surface area contributed by atoms with Crippen LogP contribution in [0.3, 0.4) is 0 Å². The largest absolute Gasteiger partial charge is 0.0996 e. The van der Waals surface area contributed by atoms with Gasteiger partial charge in [-0.2, -0.15) is 0 Å². The quantitative estimate of drug-likeness (QED) is 0.434. The second-order valence-electron chi connectivity index (χ2n) is 7.48. The highest BCUT2D eigenvalue weighted by atomic mass is 32.1. The highest BCUT2D eigenvalue weighted by Crippen LogP contribution is 2.53. The Labute approximate surface area is 130 Å². The Hall–Kier alpha value is -0.430. The van der Waals surface area contributed by atoms with Gasteiger partial charge in [0, 0.05) is 0 Å². The van der Waals surface area contributed by atoms with Crippen LogP contribution >= 0.6 is 12.2 Å². The molecule has 0 N–H and O–H groups in total. The molecule has 0 aromatic heterocycles. The summed E-state index contributed by atoms with van der Waals surface area (Å²) >= 11 is 5.74. The third kappa shape index (κ3) is 3.61. The Bertz CT molecular complexity index is 413. The van der Waals surface area contributed by atoms with Crippen LogP contribution in [0.1, 0.15) is 72.1 Å². The fraction of sp³-hybridized carbons (Fsp3) is 0.737. The lowest BCUT2D eigenvalue weighted by Crippen LogP contribution is -2.39. The molecule has 0 amide bonds. The second kappa shape index (κ2) is 6.56. The van der Waals surface area contributed by atoms with E-state index in [1.165, 1.54) is 54.5 Å². The van der Waals surface area contributed by atoms with Crippen molar-refractivity contribution in [3.05, 3.63) is 23.8 Å². The van der Waals surface area contributed by atoms with E-state index in [0.717, 1.165) is 18.8 Å². The average molecular weight is 291 g/mol. The van der Waals surface area contributed by atoms with Crippen LogP contribution < -0.4 is 0 Å². The lowest BCUT2D eigenvalue weighted by Gasteiger charge is -2.49. The van der Waals surface area contributed by atoms with Gasteiger partial charge >= 0.3 is 0 Å². The molecule has 3 unspecified atom stereocenters. The van der Waals surface area contributed by atoms with E-state index >= 15 is 0 Å². The summed E-state index contributed by atoms with van der Waals surface area (Å²) in [7, 11) is 0. The first-order valence-corrected chi connectivity index (χ1v) is 8.67. The van der Waals surface area contributed by atoms with Crippen LogP contribution in [0.5, 0.6) is 0 Å². The second-order valence-corrected chi connectivity index (χ2v) is 8.00. The summed E-state index contributed by atoms with van der Waals surface area (Å²) in [5.41, 5.74) is 3.45. The van der Waals surface area contributed by atoms with E-state index in [1.807, 2.05) is 0 Å². The summed E-state index contributed by atoms with van der Waals surface area (Å²) in [4.78, 5) is 1.32. The molecule has 1 heteroatoms. The van der Waals surface area contributed by atoms with E-state index in [9.17, 15) is 0 Å². The van der Waals surface area contributed by atoms with Gasteiger partial charge in [0.25, 0.3) is 0 Å². The molecule has 0 spiro atoms. The van der Waals surface area contributed by atoms with Gasteiger partial charge in [0.15, 0.2) is 0 Å². The minimum atomic E-state index is 0.529. The zero-order valence-electron chi connectivity index (χ0n) is 13.5. The number of thiocarbonyl (C=S) groups is 1. The molecule has 0 aromatic carbocycles. The molecule has 0 saturated heterocycles. The van der Waals surface area contributed by atoms with Crippen molar-refractivity contribution in [1.82, 2.24) is 0 Å². The van der Waals surface area contributed by atoms with Crippen LogP contribution in [-0.4, -0.2) is 4.86 Å². The Kier molecular flexibility index (Phi) is 5.23. The summed E-state index contributed by atoms with van der Waals surface area (Å²) in [6.45, 7) is 11.2. The van der Waals surface area contributed by atoms with Gasteiger partial charge in [0.2, 0.25) is 0 Å². The van der Waals surface area contributed by atoms with Crippen molar-refractivity contribution in [2.45, 2.75) is 72.1 Å². The Morgan fingerprint density at radius 3 is 2.85 bits per heavy atom. The minimum absolute atomic E-state index is 0.529. The zero-order valence-corrected chi connectivity index (χ0v) is 14.3. The molecule has 2 saturated carbocycles. The van der Waals surface area contributed by atoms with Gasteiger partial charge in [-0.1, -0.05) is 42.9 Å². The summed E-state index contributed by atoms with van der Waals surface area (Å²) in [5.74, 6) is 1.40. The van der Waals surface area contributed by atoms with Crippen molar-refractivity contribution in [1.29, 1.82) is 0 Å². The molecule has 3 atom stereocenters. The highest BCUT2D eigenvalue weighted by molar-refractivity contribution is 7.80. The SMILES string of the molecule is C=C1CCCC2(C)CCC(C(=S)CCC=C(C)C)CC12. The van der Waals surface area contributed by atoms with Crippen molar-refractivity contribution in [3.63, 3.8) is 0 Å². The van der Waals surface area contributed by atoms with Crippen molar-refractivity contribution in [2.75, 3.05) is 0 Å². The predicted molar refractivity (Wildman–Crippen MR) is 93.2 cm³/mol.